The first-order valence-corrected chi connectivity index (χ1v) is 18.1. The summed E-state index contributed by atoms with van der Waals surface area (Å²) in [5.41, 5.74) is 10.8. The van der Waals surface area contributed by atoms with Gasteiger partial charge in [0, 0.05) is 44.0 Å². The molecule has 0 unspecified atom stereocenters. The molecule has 0 radical (unpaired) electrons. The highest BCUT2D eigenvalue weighted by molar-refractivity contribution is 6.18. The van der Waals surface area contributed by atoms with Crippen molar-refractivity contribution in [3.63, 3.8) is 0 Å². The molecule has 0 fully saturated rings. The molecule has 0 saturated carbocycles. The summed E-state index contributed by atoms with van der Waals surface area (Å²) in [5, 5.41) is 9.69. The SMILES string of the molecule is c1ccc2cc(-c3ccc(N(c4ccc(-n5c6ccccc6c6ccc7ccccc7c65)cc4)c4cccc5c4oc4ccccc45)cc3)ccc2c1. The van der Waals surface area contributed by atoms with E-state index >= 15 is 0 Å². The molecule has 0 atom stereocenters. The van der Waals surface area contributed by atoms with E-state index in [4.69, 9.17) is 4.42 Å². The fourth-order valence-corrected chi connectivity index (χ4v) is 8.26. The van der Waals surface area contributed by atoms with Gasteiger partial charge < -0.3 is 13.9 Å². The fraction of sp³-hybridized carbons (Fsp3) is 0. The van der Waals surface area contributed by atoms with Gasteiger partial charge in [0.2, 0.25) is 0 Å². The summed E-state index contributed by atoms with van der Waals surface area (Å²) in [4.78, 5) is 2.32. The Bertz CT molecular complexity index is 3170. The maximum atomic E-state index is 6.62. The van der Waals surface area contributed by atoms with Gasteiger partial charge in [-0.1, -0.05) is 133 Å². The number of rotatable bonds is 5. The highest BCUT2D eigenvalue weighted by Crippen LogP contribution is 2.43. The summed E-state index contributed by atoms with van der Waals surface area (Å²) in [6.45, 7) is 0. The molecule has 248 valence electrons. The molecule has 0 bridgehead atoms. The predicted molar refractivity (Wildman–Crippen MR) is 223 cm³/mol. The zero-order valence-electron chi connectivity index (χ0n) is 28.8. The quantitative estimate of drug-likeness (QED) is 0.181. The van der Waals surface area contributed by atoms with Crippen LogP contribution in [0.15, 0.2) is 199 Å². The van der Waals surface area contributed by atoms with Gasteiger partial charge in [0.05, 0.1) is 16.7 Å². The number of furan rings is 1. The number of nitrogens with zero attached hydrogens (tertiary/aromatic N) is 2. The van der Waals surface area contributed by atoms with Crippen molar-refractivity contribution in [2.24, 2.45) is 0 Å². The number of fused-ring (bicyclic) bond motifs is 9. The molecule has 0 aliphatic rings. The van der Waals surface area contributed by atoms with Crippen molar-refractivity contribution >= 4 is 82.4 Å². The van der Waals surface area contributed by atoms with Crippen LogP contribution in [0.1, 0.15) is 0 Å². The van der Waals surface area contributed by atoms with Crippen LogP contribution in [-0.2, 0) is 0 Å². The summed E-state index contributed by atoms with van der Waals surface area (Å²) in [6.07, 6.45) is 0. The Morgan fingerprint density at radius 1 is 0.396 bits per heavy atom. The molecule has 3 heteroatoms. The van der Waals surface area contributed by atoms with Crippen LogP contribution in [0.5, 0.6) is 0 Å². The molecule has 0 aliphatic heterocycles. The molecule has 11 rings (SSSR count). The van der Waals surface area contributed by atoms with E-state index in [1.165, 1.54) is 54.5 Å². The van der Waals surface area contributed by atoms with Gasteiger partial charge in [-0.15, -0.1) is 0 Å². The molecule has 0 spiro atoms. The van der Waals surface area contributed by atoms with Gasteiger partial charge in [-0.2, -0.15) is 0 Å². The van der Waals surface area contributed by atoms with E-state index in [2.05, 4.69) is 191 Å². The van der Waals surface area contributed by atoms with Crippen LogP contribution in [0.25, 0.3) is 82.1 Å². The second-order valence-corrected chi connectivity index (χ2v) is 13.7. The monoisotopic (exact) mass is 676 g/mol. The molecule has 0 amide bonds. The molecule has 2 heterocycles. The van der Waals surface area contributed by atoms with Gasteiger partial charge in [0.1, 0.15) is 5.58 Å². The highest BCUT2D eigenvalue weighted by Gasteiger charge is 2.20. The largest absolute Gasteiger partial charge is 0.454 e. The van der Waals surface area contributed by atoms with E-state index in [1.807, 2.05) is 12.1 Å². The lowest BCUT2D eigenvalue weighted by molar-refractivity contribution is 0.669. The first-order valence-electron chi connectivity index (χ1n) is 18.1. The Hall–Kier alpha value is -7.10. The summed E-state index contributed by atoms with van der Waals surface area (Å²) < 4.78 is 9.03. The molecule has 0 aliphatic carbocycles. The number of anilines is 3. The summed E-state index contributed by atoms with van der Waals surface area (Å²) in [7, 11) is 0. The Labute approximate surface area is 306 Å². The Kier molecular flexibility index (Phi) is 6.55. The van der Waals surface area contributed by atoms with Crippen molar-refractivity contribution in [2.75, 3.05) is 4.90 Å². The fourth-order valence-electron chi connectivity index (χ4n) is 8.26. The van der Waals surface area contributed by atoms with Crippen molar-refractivity contribution < 1.29 is 4.42 Å². The molecule has 0 saturated heterocycles. The van der Waals surface area contributed by atoms with Crippen LogP contribution in [-0.4, -0.2) is 4.57 Å². The highest BCUT2D eigenvalue weighted by atomic mass is 16.3. The van der Waals surface area contributed by atoms with E-state index in [-0.39, 0.29) is 0 Å². The number of aromatic nitrogens is 1. The third-order valence-electron chi connectivity index (χ3n) is 10.8. The van der Waals surface area contributed by atoms with Gasteiger partial charge in [-0.05, 0) is 87.9 Å². The zero-order chi connectivity index (χ0) is 34.9. The molecular weight excluding hydrogens is 645 g/mol. The number of hydrogen-bond acceptors (Lipinski definition) is 2. The Morgan fingerprint density at radius 2 is 1.02 bits per heavy atom. The maximum absolute atomic E-state index is 6.62. The van der Waals surface area contributed by atoms with Crippen molar-refractivity contribution in [1.29, 1.82) is 0 Å². The molecule has 0 N–H and O–H groups in total. The van der Waals surface area contributed by atoms with Gasteiger partial charge >= 0.3 is 0 Å². The second-order valence-electron chi connectivity index (χ2n) is 13.7. The van der Waals surface area contributed by atoms with E-state index in [1.54, 1.807) is 0 Å². The van der Waals surface area contributed by atoms with Gasteiger partial charge in [-0.25, -0.2) is 0 Å². The number of para-hydroxylation sites is 3. The molecule has 11 aromatic rings. The molecule has 9 aromatic carbocycles. The van der Waals surface area contributed by atoms with Gasteiger partial charge in [0.15, 0.2) is 5.58 Å². The van der Waals surface area contributed by atoms with Gasteiger partial charge in [0.25, 0.3) is 0 Å². The van der Waals surface area contributed by atoms with E-state index < -0.39 is 0 Å². The minimum absolute atomic E-state index is 0.866. The third kappa shape index (κ3) is 4.68. The van der Waals surface area contributed by atoms with Gasteiger partial charge in [-0.3, -0.25) is 0 Å². The van der Waals surface area contributed by atoms with Crippen molar-refractivity contribution in [3.8, 4) is 16.8 Å². The normalized spacial score (nSPS) is 11.8. The number of hydrogen-bond donors (Lipinski definition) is 0. The third-order valence-corrected chi connectivity index (χ3v) is 10.8. The minimum Gasteiger partial charge on any atom is -0.454 e. The van der Waals surface area contributed by atoms with Crippen molar-refractivity contribution in [1.82, 2.24) is 4.57 Å². The topological polar surface area (TPSA) is 21.3 Å². The summed E-state index contributed by atoms with van der Waals surface area (Å²) >= 11 is 0. The van der Waals surface area contributed by atoms with E-state index in [9.17, 15) is 0 Å². The average Bonchev–Trinajstić information content (AvgIpc) is 3.78. The molecule has 2 aromatic heterocycles. The first kappa shape index (κ1) is 29.6. The van der Waals surface area contributed by atoms with Crippen LogP contribution in [0.2, 0.25) is 0 Å². The van der Waals surface area contributed by atoms with Crippen molar-refractivity contribution in [2.45, 2.75) is 0 Å². The van der Waals surface area contributed by atoms with Crippen LogP contribution in [0, 0.1) is 0 Å². The lowest BCUT2D eigenvalue weighted by atomic mass is 10.0. The lowest BCUT2D eigenvalue weighted by Gasteiger charge is -2.26. The predicted octanol–water partition coefficient (Wildman–Crippen LogP) is 14.1. The number of benzene rings is 9. The van der Waals surface area contributed by atoms with Crippen LogP contribution in [0.3, 0.4) is 0 Å². The lowest BCUT2D eigenvalue weighted by Crippen LogP contribution is -2.10. The Balaban J connectivity index is 1.08. The molecule has 53 heavy (non-hydrogen) atoms. The van der Waals surface area contributed by atoms with E-state index in [0.29, 0.717) is 0 Å². The van der Waals surface area contributed by atoms with E-state index in [0.717, 1.165) is 44.7 Å². The van der Waals surface area contributed by atoms with Crippen LogP contribution >= 0.6 is 0 Å². The van der Waals surface area contributed by atoms with Crippen LogP contribution in [0.4, 0.5) is 17.1 Å². The van der Waals surface area contributed by atoms with Crippen LogP contribution < -0.4 is 4.90 Å². The minimum atomic E-state index is 0.866. The molecule has 3 nitrogen and oxygen atoms in total. The zero-order valence-corrected chi connectivity index (χ0v) is 28.8. The molecular formula is C50H32N2O. The van der Waals surface area contributed by atoms with Crippen molar-refractivity contribution in [3.05, 3.63) is 194 Å². The standard InChI is InChI=1S/C50H32N2O/c1-2-12-36-32-37(21-20-33(36)10-1)34-22-25-38(26-23-34)51(47-18-9-16-45-43-15-6-8-19-48(43)53-50(45)47)39-27-29-40(30-28-39)52-46-17-7-5-14-42(46)44-31-24-35-11-3-4-13-41(35)49(44)52/h1-32H. The first-order chi connectivity index (χ1) is 26.3. The smallest absolute Gasteiger partial charge is 0.159 e. The average molecular weight is 677 g/mol. The maximum Gasteiger partial charge on any atom is 0.159 e. The Morgan fingerprint density at radius 3 is 1.85 bits per heavy atom. The summed E-state index contributed by atoms with van der Waals surface area (Å²) in [6, 6.07) is 69.7. The second kappa shape index (κ2) is 11.7. The summed E-state index contributed by atoms with van der Waals surface area (Å²) in [5.74, 6) is 0.